The normalized spacial score (nSPS) is 16.2. The van der Waals surface area contributed by atoms with E-state index in [1.54, 1.807) is 0 Å². The lowest BCUT2D eigenvalue weighted by molar-refractivity contribution is 0.00578. The van der Waals surface area contributed by atoms with Gasteiger partial charge < -0.3 is 9.31 Å². The van der Waals surface area contributed by atoms with Crippen LogP contribution in [-0.4, -0.2) is 27.7 Å². The molecule has 3 heterocycles. The summed E-state index contributed by atoms with van der Waals surface area (Å²) < 4.78 is 15.4. The van der Waals surface area contributed by atoms with Crippen LogP contribution in [-0.2, 0) is 9.31 Å². The van der Waals surface area contributed by atoms with Crippen molar-refractivity contribution in [2.45, 2.75) is 38.9 Å². The molecule has 5 aromatic carbocycles. The van der Waals surface area contributed by atoms with Crippen molar-refractivity contribution in [2.24, 2.45) is 0 Å². The van der Waals surface area contributed by atoms with Crippen LogP contribution in [0.15, 0.2) is 115 Å². The second-order valence-corrected chi connectivity index (χ2v) is 12.3. The Labute approximate surface area is 245 Å². The molecule has 4 nitrogen and oxygen atoms in total. The molecule has 42 heavy (non-hydrogen) atoms. The molecule has 1 fully saturated rings. The first-order chi connectivity index (χ1) is 20.3. The van der Waals surface area contributed by atoms with Gasteiger partial charge in [0, 0.05) is 21.9 Å². The number of benzene rings is 5. The first kappa shape index (κ1) is 25.3. The summed E-state index contributed by atoms with van der Waals surface area (Å²) in [7, 11) is -0.459. The van der Waals surface area contributed by atoms with E-state index in [4.69, 9.17) is 14.3 Å². The summed E-state index contributed by atoms with van der Waals surface area (Å²) in [6.07, 6.45) is 0. The lowest BCUT2D eigenvalue weighted by Crippen LogP contribution is -2.41. The Morgan fingerprint density at radius 3 is 1.95 bits per heavy atom. The SMILES string of the molecule is CC1(C)OB(c2ccc3c4ccc5ccccc5c4c4nc(-c5ccccc5)c(-c5ccccc5)n4c3c2)OC1(C)C. The maximum absolute atomic E-state index is 6.50. The zero-order chi connectivity index (χ0) is 28.6. The fourth-order valence-electron chi connectivity index (χ4n) is 6.31. The van der Waals surface area contributed by atoms with Crippen LogP contribution in [0.1, 0.15) is 27.7 Å². The highest BCUT2D eigenvalue weighted by Crippen LogP contribution is 2.41. The zero-order valence-electron chi connectivity index (χ0n) is 24.3. The minimum atomic E-state index is -0.459. The molecule has 0 amide bonds. The Morgan fingerprint density at radius 1 is 0.619 bits per heavy atom. The van der Waals surface area contributed by atoms with Gasteiger partial charge in [-0.05, 0) is 55.4 Å². The number of fused-ring (bicyclic) bond motifs is 8. The number of imidazole rings is 1. The van der Waals surface area contributed by atoms with Crippen LogP contribution in [0.2, 0.25) is 0 Å². The largest absolute Gasteiger partial charge is 0.494 e. The van der Waals surface area contributed by atoms with Crippen LogP contribution in [0, 0.1) is 0 Å². The highest BCUT2D eigenvalue weighted by molar-refractivity contribution is 6.62. The number of aromatic nitrogens is 2. The summed E-state index contributed by atoms with van der Waals surface area (Å²) in [6.45, 7) is 8.39. The molecule has 0 bridgehead atoms. The predicted molar refractivity (Wildman–Crippen MR) is 174 cm³/mol. The number of rotatable bonds is 3. The molecule has 204 valence electrons. The van der Waals surface area contributed by atoms with Crippen LogP contribution in [0.25, 0.3) is 60.6 Å². The summed E-state index contributed by atoms with van der Waals surface area (Å²) in [5.41, 5.74) is 6.41. The van der Waals surface area contributed by atoms with Crippen LogP contribution >= 0.6 is 0 Å². The monoisotopic (exact) mass is 546 g/mol. The number of nitrogens with zero attached hydrogens (tertiary/aromatic N) is 2. The van der Waals surface area contributed by atoms with E-state index in [1.807, 2.05) is 0 Å². The van der Waals surface area contributed by atoms with Gasteiger partial charge in [0.05, 0.1) is 28.1 Å². The average Bonchev–Trinajstić information content (AvgIpc) is 3.51. The second-order valence-electron chi connectivity index (χ2n) is 12.3. The Bertz CT molecular complexity index is 2130. The molecule has 5 heteroatoms. The second kappa shape index (κ2) is 9.03. The third kappa shape index (κ3) is 3.67. The van der Waals surface area contributed by atoms with Crippen molar-refractivity contribution in [3.05, 3.63) is 115 Å². The van der Waals surface area contributed by atoms with Crippen LogP contribution in [0.5, 0.6) is 0 Å². The molecule has 0 spiro atoms. The summed E-state index contributed by atoms with van der Waals surface area (Å²) in [5.74, 6) is 0. The summed E-state index contributed by atoms with van der Waals surface area (Å²) in [4.78, 5) is 5.46. The third-order valence-corrected chi connectivity index (χ3v) is 9.20. The molecule has 0 unspecified atom stereocenters. The number of pyridine rings is 1. The van der Waals surface area contributed by atoms with E-state index >= 15 is 0 Å². The molecule has 1 aliphatic heterocycles. The van der Waals surface area contributed by atoms with Gasteiger partial charge in [0.25, 0.3) is 0 Å². The lowest BCUT2D eigenvalue weighted by Gasteiger charge is -2.32. The van der Waals surface area contributed by atoms with Crippen molar-refractivity contribution in [3.8, 4) is 22.5 Å². The fourth-order valence-corrected chi connectivity index (χ4v) is 6.31. The van der Waals surface area contributed by atoms with Crippen molar-refractivity contribution < 1.29 is 9.31 Å². The van der Waals surface area contributed by atoms with E-state index in [0.29, 0.717) is 0 Å². The van der Waals surface area contributed by atoms with Gasteiger partial charge in [0.2, 0.25) is 0 Å². The predicted octanol–water partition coefficient (Wildman–Crippen LogP) is 8.43. The summed E-state index contributed by atoms with van der Waals surface area (Å²) >= 11 is 0. The molecule has 0 aliphatic carbocycles. The maximum Gasteiger partial charge on any atom is 0.494 e. The minimum Gasteiger partial charge on any atom is -0.399 e. The highest BCUT2D eigenvalue weighted by Gasteiger charge is 2.51. The van der Waals surface area contributed by atoms with Crippen LogP contribution < -0.4 is 5.46 Å². The summed E-state index contributed by atoms with van der Waals surface area (Å²) in [5, 5.41) is 5.90. The van der Waals surface area contributed by atoms with Crippen LogP contribution in [0.4, 0.5) is 0 Å². The molecule has 7 aromatic rings. The Kier molecular flexibility index (Phi) is 5.43. The first-order valence-electron chi connectivity index (χ1n) is 14.6. The smallest absolute Gasteiger partial charge is 0.399 e. The van der Waals surface area contributed by atoms with E-state index in [9.17, 15) is 0 Å². The van der Waals surface area contributed by atoms with Gasteiger partial charge in [-0.1, -0.05) is 109 Å². The molecule has 0 saturated carbocycles. The van der Waals surface area contributed by atoms with Crippen molar-refractivity contribution in [2.75, 3.05) is 0 Å². The van der Waals surface area contributed by atoms with E-state index in [-0.39, 0.29) is 0 Å². The average molecular weight is 546 g/mol. The van der Waals surface area contributed by atoms with Crippen molar-refractivity contribution in [1.29, 1.82) is 0 Å². The Morgan fingerprint density at radius 2 is 1.24 bits per heavy atom. The van der Waals surface area contributed by atoms with E-state index in [0.717, 1.165) is 49.9 Å². The maximum atomic E-state index is 6.50. The van der Waals surface area contributed by atoms with Gasteiger partial charge in [-0.3, -0.25) is 4.40 Å². The van der Waals surface area contributed by atoms with Gasteiger partial charge in [-0.25, -0.2) is 4.98 Å². The highest BCUT2D eigenvalue weighted by atomic mass is 16.7. The molecule has 0 N–H and O–H groups in total. The number of hydrogen-bond acceptors (Lipinski definition) is 3. The molecule has 8 rings (SSSR count). The topological polar surface area (TPSA) is 35.8 Å². The van der Waals surface area contributed by atoms with Crippen LogP contribution in [0.3, 0.4) is 0 Å². The van der Waals surface area contributed by atoms with Gasteiger partial charge in [0.15, 0.2) is 0 Å². The standard InChI is InChI=1S/C37H31BN2O2/c1-36(2)37(3,4)42-38(41-36)27-20-22-29-30-21-19-24-13-11-12-18-28(24)32(30)35-39-33(25-14-7-5-8-15-25)34(40(35)31(29)23-27)26-16-9-6-10-17-26/h5-23H,1-4H3. The van der Waals surface area contributed by atoms with E-state index in [1.165, 1.54) is 16.2 Å². The van der Waals surface area contributed by atoms with Gasteiger partial charge in [0.1, 0.15) is 5.65 Å². The Balaban J connectivity index is 1.55. The molecular weight excluding hydrogens is 515 g/mol. The third-order valence-electron chi connectivity index (χ3n) is 9.20. The molecule has 0 radical (unpaired) electrons. The zero-order valence-corrected chi connectivity index (χ0v) is 24.3. The van der Waals surface area contributed by atoms with Crippen molar-refractivity contribution >= 4 is 50.7 Å². The molecule has 0 atom stereocenters. The van der Waals surface area contributed by atoms with Crippen molar-refractivity contribution in [3.63, 3.8) is 0 Å². The molecule has 1 saturated heterocycles. The number of hydrogen-bond donors (Lipinski definition) is 0. The fraction of sp³-hybridized carbons (Fsp3) is 0.162. The molecule has 1 aliphatic rings. The molecule has 2 aromatic heterocycles. The van der Waals surface area contributed by atoms with E-state index < -0.39 is 18.3 Å². The lowest BCUT2D eigenvalue weighted by atomic mass is 9.78. The van der Waals surface area contributed by atoms with Gasteiger partial charge >= 0.3 is 7.12 Å². The quantitative estimate of drug-likeness (QED) is 0.165. The van der Waals surface area contributed by atoms with Gasteiger partial charge in [-0.2, -0.15) is 0 Å². The Hall–Kier alpha value is -4.45. The first-order valence-corrected chi connectivity index (χ1v) is 14.6. The van der Waals surface area contributed by atoms with Gasteiger partial charge in [-0.15, -0.1) is 0 Å². The van der Waals surface area contributed by atoms with Crippen molar-refractivity contribution in [1.82, 2.24) is 9.38 Å². The summed E-state index contributed by atoms with van der Waals surface area (Å²) in [6, 6.07) is 40.8. The minimum absolute atomic E-state index is 0.422. The molecular formula is C37H31BN2O2. The van der Waals surface area contributed by atoms with E-state index in [2.05, 4.69) is 147 Å².